The lowest BCUT2D eigenvalue weighted by Gasteiger charge is -2.43. The van der Waals surface area contributed by atoms with E-state index in [0.29, 0.717) is 0 Å². The minimum Gasteiger partial charge on any atom is -0.497 e. The molecule has 2 atom stereocenters. The summed E-state index contributed by atoms with van der Waals surface area (Å²) < 4.78 is 5.14. The van der Waals surface area contributed by atoms with Crippen LogP contribution in [0.15, 0.2) is 24.3 Å². The van der Waals surface area contributed by atoms with Crippen molar-refractivity contribution < 1.29 is 9.84 Å². The molecule has 0 amide bonds. The maximum atomic E-state index is 9.87. The van der Waals surface area contributed by atoms with E-state index in [1.165, 1.54) is 0 Å². The third-order valence-electron chi connectivity index (χ3n) is 3.10. The molecule has 82 valence electrons. The monoisotopic (exact) mass is 207 g/mol. The number of hydrogen-bond acceptors (Lipinski definition) is 3. The Hall–Kier alpha value is -1.22. The lowest BCUT2D eigenvalue weighted by Crippen LogP contribution is -2.53. The average molecular weight is 207 g/mol. The van der Waals surface area contributed by atoms with Gasteiger partial charge in [-0.1, -0.05) is 6.07 Å². The van der Waals surface area contributed by atoms with Crippen LogP contribution in [0.25, 0.3) is 0 Å². The normalized spacial score (nSPS) is 29.4. The summed E-state index contributed by atoms with van der Waals surface area (Å²) >= 11 is 0. The highest BCUT2D eigenvalue weighted by Gasteiger charge is 2.40. The van der Waals surface area contributed by atoms with E-state index in [2.05, 4.69) is 5.32 Å². The summed E-state index contributed by atoms with van der Waals surface area (Å²) in [6.07, 6.45) is 1.89. The van der Waals surface area contributed by atoms with Crippen molar-refractivity contribution in [3.63, 3.8) is 0 Å². The van der Waals surface area contributed by atoms with Gasteiger partial charge in [0.25, 0.3) is 0 Å². The molecule has 0 unspecified atom stereocenters. The summed E-state index contributed by atoms with van der Waals surface area (Å²) in [5.41, 5.74) is 0.433. The lowest BCUT2D eigenvalue weighted by molar-refractivity contribution is -0.0286. The van der Waals surface area contributed by atoms with Gasteiger partial charge in [-0.2, -0.15) is 0 Å². The van der Waals surface area contributed by atoms with E-state index in [0.717, 1.165) is 24.3 Å². The zero-order valence-electron chi connectivity index (χ0n) is 9.16. The molecule has 0 heterocycles. The van der Waals surface area contributed by atoms with E-state index in [4.69, 9.17) is 4.74 Å². The second-order valence-electron chi connectivity index (χ2n) is 4.32. The Kier molecular flexibility index (Phi) is 2.57. The average Bonchev–Trinajstić information content (AvgIpc) is 2.25. The minimum absolute atomic E-state index is 0.157. The van der Waals surface area contributed by atoms with Gasteiger partial charge in [-0.05, 0) is 31.9 Å². The number of ether oxygens (including phenoxy) is 1. The molecule has 0 aromatic heterocycles. The smallest absolute Gasteiger partial charge is 0.120 e. The summed E-state index contributed by atoms with van der Waals surface area (Å²) in [5, 5.41) is 13.2. The fourth-order valence-electron chi connectivity index (χ4n) is 1.85. The fourth-order valence-corrected chi connectivity index (χ4v) is 1.85. The number of nitrogens with one attached hydrogen (secondary N) is 1. The Balaban J connectivity index is 2.04. The van der Waals surface area contributed by atoms with Crippen LogP contribution in [-0.4, -0.2) is 23.9 Å². The van der Waals surface area contributed by atoms with Gasteiger partial charge in [0.2, 0.25) is 0 Å². The molecular weight excluding hydrogens is 190 g/mol. The molecule has 1 aromatic carbocycles. The predicted octanol–water partition coefficient (Wildman–Crippen LogP) is 2.02. The molecule has 0 spiro atoms. The first-order chi connectivity index (χ1) is 7.12. The molecule has 1 aliphatic rings. The zero-order valence-corrected chi connectivity index (χ0v) is 9.16. The first-order valence-corrected chi connectivity index (χ1v) is 5.25. The topological polar surface area (TPSA) is 41.5 Å². The number of rotatable bonds is 3. The van der Waals surface area contributed by atoms with Crippen molar-refractivity contribution in [1.29, 1.82) is 0 Å². The third-order valence-corrected chi connectivity index (χ3v) is 3.10. The van der Waals surface area contributed by atoms with Crippen LogP contribution in [0.3, 0.4) is 0 Å². The number of aliphatic hydroxyl groups is 1. The van der Waals surface area contributed by atoms with E-state index >= 15 is 0 Å². The van der Waals surface area contributed by atoms with Crippen molar-refractivity contribution in [2.75, 3.05) is 12.4 Å². The van der Waals surface area contributed by atoms with E-state index in [-0.39, 0.29) is 6.04 Å². The Morgan fingerprint density at radius 2 is 2.33 bits per heavy atom. The Bertz CT molecular complexity index is 349. The van der Waals surface area contributed by atoms with Crippen LogP contribution >= 0.6 is 0 Å². The fraction of sp³-hybridized carbons (Fsp3) is 0.500. The number of benzene rings is 1. The van der Waals surface area contributed by atoms with Crippen LogP contribution in [0.1, 0.15) is 19.8 Å². The Labute approximate surface area is 90.1 Å². The van der Waals surface area contributed by atoms with Gasteiger partial charge in [0.15, 0.2) is 0 Å². The van der Waals surface area contributed by atoms with Crippen LogP contribution in [0.5, 0.6) is 5.75 Å². The molecule has 3 heteroatoms. The van der Waals surface area contributed by atoms with Gasteiger partial charge < -0.3 is 15.2 Å². The highest BCUT2D eigenvalue weighted by molar-refractivity contribution is 5.49. The first-order valence-electron chi connectivity index (χ1n) is 5.25. The Morgan fingerprint density at radius 1 is 1.53 bits per heavy atom. The second kappa shape index (κ2) is 3.74. The standard InChI is InChI=1S/C12H17NO2/c1-12(14)7-6-11(12)13-9-4-3-5-10(8-9)15-2/h3-5,8,11,13-14H,6-7H2,1-2H3/t11-,12-/m0/s1. The van der Waals surface area contributed by atoms with E-state index in [1.807, 2.05) is 31.2 Å². The van der Waals surface area contributed by atoms with Gasteiger partial charge in [0.1, 0.15) is 5.75 Å². The maximum absolute atomic E-state index is 9.87. The summed E-state index contributed by atoms with van der Waals surface area (Å²) in [5.74, 6) is 0.832. The van der Waals surface area contributed by atoms with Crippen LogP contribution < -0.4 is 10.1 Å². The summed E-state index contributed by atoms with van der Waals surface area (Å²) in [6.45, 7) is 1.87. The SMILES string of the molecule is COc1cccc(N[C@H]2CC[C@]2(C)O)c1. The molecule has 2 N–H and O–H groups in total. The molecule has 1 fully saturated rings. The number of hydrogen-bond donors (Lipinski definition) is 2. The van der Waals surface area contributed by atoms with Crippen molar-refractivity contribution in [3.8, 4) is 5.75 Å². The van der Waals surface area contributed by atoms with Gasteiger partial charge in [0, 0.05) is 11.8 Å². The molecule has 3 nitrogen and oxygen atoms in total. The molecule has 1 aliphatic carbocycles. The second-order valence-corrected chi connectivity index (χ2v) is 4.32. The van der Waals surface area contributed by atoms with Crippen LogP contribution in [-0.2, 0) is 0 Å². The highest BCUT2D eigenvalue weighted by atomic mass is 16.5. The maximum Gasteiger partial charge on any atom is 0.120 e. The molecule has 1 saturated carbocycles. The molecule has 0 radical (unpaired) electrons. The van der Waals surface area contributed by atoms with Crippen molar-refractivity contribution >= 4 is 5.69 Å². The van der Waals surface area contributed by atoms with Gasteiger partial charge in [-0.15, -0.1) is 0 Å². The number of methoxy groups -OCH3 is 1. The third kappa shape index (κ3) is 2.07. The van der Waals surface area contributed by atoms with Crippen molar-refractivity contribution in [2.45, 2.75) is 31.4 Å². The van der Waals surface area contributed by atoms with E-state index in [9.17, 15) is 5.11 Å². The molecule has 0 bridgehead atoms. The van der Waals surface area contributed by atoms with Crippen molar-refractivity contribution in [1.82, 2.24) is 0 Å². The van der Waals surface area contributed by atoms with Crippen LogP contribution in [0.2, 0.25) is 0 Å². The molecule has 2 rings (SSSR count). The van der Waals surface area contributed by atoms with Gasteiger partial charge >= 0.3 is 0 Å². The Morgan fingerprint density at radius 3 is 2.87 bits per heavy atom. The largest absolute Gasteiger partial charge is 0.497 e. The van der Waals surface area contributed by atoms with Crippen LogP contribution in [0.4, 0.5) is 5.69 Å². The van der Waals surface area contributed by atoms with Crippen LogP contribution in [0, 0.1) is 0 Å². The van der Waals surface area contributed by atoms with Gasteiger partial charge in [-0.25, -0.2) is 0 Å². The van der Waals surface area contributed by atoms with E-state index < -0.39 is 5.60 Å². The minimum atomic E-state index is -0.566. The van der Waals surface area contributed by atoms with Gasteiger partial charge in [0.05, 0.1) is 18.8 Å². The molecule has 15 heavy (non-hydrogen) atoms. The molecule has 1 aromatic rings. The lowest BCUT2D eigenvalue weighted by atomic mass is 9.76. The molecule has 0 aliphatic heterocycles. The number of anilines is 1. The zero-order chi connectivity index (χ0) is 10.9. The molecule has 0 saturated heterocycles. The molecular formula is C12H17NO2. The summed E-state index contributed by atoms with van der Waals surface area (Å²) in [6, 6.07) is 7.92. The van der Waals surface area contributed by atoms with E-state index in [1.54, 1.807) is 7.11 Å². The summed E-state index contributed by atoms with van der Waals surface area (Å²) in [4.78, 5) is 0. The predicted molar refractivity (Wildman–Crippen MR) is 60.3 cm³/mol. The van der Waals surface area contributed by atoms with Crippen molar-refractivity contribution in [3.05, 3.63) is 24.3 Å². The first kappa shape index (κ1) is 10.3. The van der Waals surface area contributed by atoms with Gasteiger partial charge in [-0.3, -0.25) is 0 Å². The quantitative estimate of drug-likeness (QED) is 0.796. The van der Waals surface area contributed by atoms with Crippen molar-refractivity contribution in [2.24, 2.45) is 0 Å². The summed E-state index contributed by atoms with van der Waals surface area (Å²) in [7, 11) is 1.65. The highest BCUT2D eigenvalue weighted by Crippen LogP contribution is 2.34.